The van der Waals surface area contributed by atoms with Crippen molar-refractivity contribution in [3.63, 3.8) is 0 Å². The number of hydrogen-bond donors (Lipinski definition) is 2. The molecule has 0 unspecified atom stereocenters. The second kappa shape index (κ2) is 12.4. The molecule has 1 aromatic heterocycles. The molecule has 194 valence electrons. The van der Waals surface area contributed by atoms with Crippen LogP contribution in [0.5, 0.6) is 5.75 Å². The smallest absolute Gasteiger partial charge is 0.303 e. The highest BCUT2D eigenvalue weighted by molar-refractivity contribution is 6.30. The van der Waals surface area contributed by atoms with Crippen molar-refractivity contribution in [3.8, 4) is 17.6 Å². The number of carboxylic acids is 1. The van der Waals surface area contributed by atoms with Crippen LogP contribution in [0.4, 0.5) is 4.39 Å². The van der Waals surface area contributed by atoms with Crippen molar-refractivity contribution in [3.05, 3.63) is 70.6 Å². The van der Waals surface area contributed by atoms with Gasteiger partial charge in [0.1, 0.15) is 11.6 Å². The molecule has 6 nitrogen and oxygen atoms in total. The molecule has 1 saturated heterocycles. The standard InChI is InChI=1S/C29H30ClFN2O4/c1-37-22-6-8-27-24(17-22)23(10-12-32-27)28(34)9-5-20-11-14-33(18-21(20)16-29(35)36)13-2-3-19-4-7-25(30)26(31)15-19/h4,6-8,10,12,15,17,20-21,28,34H,5,9,11,13-14,16,18H2,1H3,(H,35,36)/t20-,21+,28-/m1/s1. The number of aliphatic hydroxyl groups is 1. The van der Waals surface area contributed by atoms with Crippen molar-refractivity contribution in [2.24, 2.45) is 11.8 Å². The van der Waals surface area contributed by atoms with E-state index in [0.29, 0.717) is 30.8 Å². The van der Waals surface area contributed by atoms with Gasteiger partial charge in [0.2, 0.25) is 0 Å². The number of fused-ring (bicyclic) bond motifs is 1. The highest BCUT2D eigenvalue weighted by Crippen LogP contribution is 2.34. The first kappa shape index (κ1) is 26.9. The zero-order valence-corrected chi connectivity index (χ0v) is 21.4. The molecular weight excluding hydrogens is 495 g/mol. The van der Waals surface area contributed by atoms with E-state index in [9.17, 15) is 19.4 Å². The quantitative estimate of drug-likeness (QED) is 0.388. The second-order valence-electron chi connectivity index (χ2n) is 9.45. The number of carbonyl (C=O) groups is 1. The number of aliphatic hydroxyl groups excluding tert-OH is 1. The fraction of sp³-hybridized carbons (Fsp3) is 0.379. The predicted molar refractivity (Wildman–Crippen MR) is 141 cm³/mol. The van der Waals surface area contributed by atoms with E-state index in [-0.39, 0.29) is 23.3 Å². The zero-order valence-electron chi connectivity index (χ0n) is 20.7. The Labute approximate surface area is 221 Å². The number of likely N-dealkylation sites (tertiary alicyclic amines) is 1. The van der Waals surface area contributed by atoms with Crippen molar-refractivity contribution in [2.45, 2.75) is 31.8 Å². The maximum Gasteiger partial charge on any atom is 0.303 e. The van der Waals surface area contributed by atoms with Gasteiger partial charge in [0.05, 0.1) is 30.3 Å². The largest absolute Gasteiger partial charge is 0.497 e. The molecule has 37 heavy (non-hydrogen) atoms. The SMILES string of the molecule is COc1ccc2nccc([C@H](O)CC[C@@H]3CCN(CC#Cc4ccc(Cl)c(F)c4)C[C@@H]3CC(=O)O)c2c1. The lowest BCUT2D eigenvalue weighted by Gasteiger charge is -2.37. The Morgan fingerprint density at radius 1 is 1.27 bits per heavy atom. The summed E-state index contributed by atoms with van der Waals surface area (Å²) in [5, 5.41) is 21.5. The Bertz CT molecular complexity index is 1320. The van der Waals surface area contributed by atoms with Crippen LogP contribution in [-0.4, -0.2) is 52.8 Å². The summed E-state index contributed by atoms with van der Waals surface area (Å²) in [5.74, 6) is 5.54. The summed E-state index contributed by atoms with van der Waals surface area (Å²) in [5.41, 5.74) is 2.14. The number of halogens is 2. The Kier molecular flexibility index (Phi) is 8.99. The van der Waals surface area contributed by atoms with Crippen LogP contribution in [0.25, 0.3) is 10.9 Å². The van der Waals surface area contributed by atoms with Gasteiger partial charge in [0.25, 0.3) is 0 Å². The Hall–Kier alpha value is -3.18. The summed E-state index contributed by atoms with van der Waals surface area (Å²) < 4.78 is 19.0. The highest BCUT2D eigenvalue weighted by atomic mass is 35.5. The third kappa shape index (κ3) is 6.98. The molecule has 4 rings (SSSR count). The van der Waals surface area contributed by atoms with Gasteiger partial charge in [-0.2, -0.15) is 0 Å². The van der Waals surface area contributed by atoms with Crippen molar-refractivity contribution in [1.82, 2.24) is 9.88 Å². The molecule has 2 N–H and O–H groups in total. The fourth-order valence-electron chi connectivity index (χ4n) is 5.05. The first-order valence-electron chi connectivity index (χ1n) is 12.3. The average Bonchev–Trinajstić information content (AvgIpc) is 2.89. The number of piperidine rings is 1. The van der Waals surface area contributed by atoms with Crippen LogP contribution in [0.1, 0.15) is 42.9 Å². The molecule has 2 aromatic carbocycles. The molecule has 2 heterocycles. The van der Waals surface area contributed by atoms with Gasteiger partial charge in [0.15, 0.2) is 0 Å². The van der Waals surface area contributed by atoms with Gasteiger partial charge in [-0.1, -0.05) is 23.4 Å². The highest BCUT2D eigenvalue weighted by Gasteiger charge is 2.31. The zero-order chi connectivity index (χ0) is 26.4. The maximum absolute atomic E-state index is 13.6. The minimum atomic E-state index is -0.827. The fourth-order valence-corrected chi connectivity index (χ4v) is 5.17. The number of nitrogens with zero attached hydrogens (tertiary/aromatic N) is 2. The number of aromatic nitrogens is 1. The predicted octanol–water partition coefficient (Wildman–Crippen LogP) is 5.31. The van der Waals surface area contributed by atoms with E-state index >= 15 is 0 Å². The summed E-state index contributed by atoms with van der Waals surface area (Å²) in [4.78, 5) is 18.1. The molecular formula is C29H30ClFN2O4. The minimum absolute atomic E-state index is 0.0393. The Morgan fingerprint density at radius 2 is 2.11 bits per heavy atom. The second-order valence-corrected chi connectivity index (χ2v) is 9.86. The number of methoxy groups -OCH3 is 1. The number of pyridine rings is 1. The van der Waals surface area contributed by atoms with Crippen LogP contribution in [0, 0.1) is 29.5 Å². The van der Waals surface area contributed by atoms with Crippen molar-refractivity contribution in [2.75, 3.05) is 26.7 Å². The molecule has 0 saturated carbocycles. The normalized spacial score (nSPS) is 18.7. The molecule has 0 spiro atoms. The molecule has 0 aliphatic carbocycles. The monoisotopic (exact) mass is 524 g/mol. The van der Waals surface area contributed by atoms with Gasteiger partial charge < -0.3 is 14.9 Å². The number of rotatable bonds is 8. The van der Waals surface area contributed by atoms with Crippen LogP contribution in [0.15, 0.2) is 48.7 Å². The molecule has 0 amide bonds. The molecule has 0 radical (unpaired) electrons. The van der Waals surface area contributed by atoms with Crippen LogP contribution < -0.4 is 4.74 Å². The molecule has 1 aliphatic heterocycles. The van der Waals surface area contributed by atoms with E-state index in [0.717, 1.165) is 35.9 Å². The van der Waals surface area contributed by atoms with Gasteiger partial charge in [0, 0.05) is 30.1 Å². The lowest BCUT2D eigenvalue weighted by Crippen LogP contribution is -2.41. The Balaban J connectivity index is 1.39. The van der Waals surface area contributed by atoms with E-state index in [1.54, 1.807) is 19.4 Å². The van der Waals surface area contributed by atoms with Crippen molar-refractivity contribution >= 4 is 28.5 Å². The number of hydrogen-bond acceptors (Lipinski definition) is 5. The minimum Gasteiger partial charge on any atom is -0.497 e. The van der Waals surface area contributed by atoms with E-state index in [2.05, 4.69) is 21.7 Å². The lowest BCUT2D eigenvalue weighted by molar-refractivity contribution is -0.139. The van der Waals surface area contributed by atoms with E-state index in [1.165, 1.54) is 12.1 Å². The van der Waals surface area contributed by atoms with Crippen LogP contribution in [0.2, 0.25) is 5.02 Å². The number of ether oxygens (including phenoxy) is 1. The molecule has 1 fully saturated rings. The first-order chi connectivity index (χ1) is 17.8. The third-order valence-corrected chi connectivity index (χ3v) is 7.33. The van der Waals surface area contributed by atoms with Crippen molar-refractivity contribution < 1.29 is 24.1 Å². The van der Waals surface area contributed by atoms with Crippen LogP contribution in [-0.2, 0) is 4.79 Å². The Morgan fingerprint density at radius 3 is 2.86 bits per heavy atom. The summed E-state index contributed by atoms with van der Waals surface area (Å²) in [7, 11) is 1.60. The van der Waals surface area contributed by atoms with E-state index in [4.69, 9.17) is 16.3 Å². The molecule has 3 aromatic rings. The number of benzene rings is 2. The topological polar surface area (TPSA) is 82.9 Å². The van der Waals surface area contributed by atoms with Gasteiger partial charge in [-0.15, -0.1) is 0 Å². The third-order valence-electron chi connectivity index (χ3n) is 7.02. The number of aliphatic carboxylic acids is 1. The summed E-state index contributed by atoms with van der Waals surface area (Å²) in [6.07, 6.45) is 3.15. The molecule has 8 heteroatoms. The van der Waals surface area contributed by atoms with Crippen LogP contribution >= 0.6 is 11.6 Å². The van der Waals surface area contributed by atoms with E-state index in [1.807, 2.05) is 24.3 Å². The number of carboxylic acid groups (broad SMARTS) is 1. The van der Waals surface area contributed by atoms with Gasteiger partial charge in [-0.25, -0.2) is 4.39 Å². The van der Waals surface area contributed by atoms with Gasteiger partial charge >= 0.3 is 5.97 Å². The first-order valence-corrected chi connectivity index (χ1v) is 12.7. The summed E-state index contributed by atoms with van der Waals surface area (Å²) in [6, 6.07) is 11.9. The summed E-state index contributed by atoms with van der Waals surface area (Å²) >= 11 is 5.72. The summed E-state index contributed by atoms with van der Waals surface area (Å²) in [6.45, 7) is 1.88. The van der Waals surface area contributed by atoms with Gasteiger partial charge in [-0.05, 0) is 85.7 Å². The van der Waals surface area contributed by atoms with Gasteiger partial charge in [-0.3, -0.25) is 14.7 Å². The lowest BCUT2D eigenvalue weighted by atomic mass is 9.79. The molecule has 0 bridgehead atoms. The molecule has 3 atom stereocenters. The van der Waals surface area contributed by atoms with Crippen molar-refractivity contribution in [1.29, 1.82) is 0 Å². The van der Waals surface area contributed by atoms with Crippen LogP contribution in [0.3, 0.4) is 0 Å². The maximum atomic E-state index is 13.6. The average molecular weight is 525 g/mol. The van der Waals surface area contributed by atoms with E-state index < -0.39 is 17.9 Å². The molecule has 1 aliphatic rings.